The number of aromatic nitrogens is 4. The lowest BCUT2D eigenvalue weighted by atomic mass is 9.86. The lowest BCUT2D eigenvalue weighted by Gasteiger charge is -2.24. The summed E-state index contributed by atoms with van der Waals surface area (Å²) in [6.45, 7) is 3.99. The Hall–Kier alpha value is -2.93. The molecule has 1 saturated heterocycles. The number of anilines is 2. The number of nitrogens with one attached hydrogen (secondary N) is 1. The fourth-order valence-corrected chi connectivity index (χ4v) is 4.36. The van der Waals surface area contributed by atoms with Gasteiger partial charge in [0.05, 0.1) is 5.69 Å². The van der Waals surface area contributed by atoms with Crippen LogP contribution in [-0.2, 0) is 4.79 Å². The predicted octanol–water partition coefficient (Wildman–Crippen LogP) is 3.70. The number of halogens is 1. The highest BCUT2D eigenvalue weighted by Crippen LogP contribution is 2.40. The average molecular weight is 409 g/mol. The van der Waals surface area contributed by atoms with Gasteiger partial charge in [0, 0.05) is 36.0 Å². The summed E-state index contributed by atoms with van der Waals surface area (Å²) in [5, 5.41) is 17.1. The molecule has 1 amide bonds. The molecule has 1 fully saturated rings. The number of nitrogens with zero attached hydrogens (tertiary/aromatic N) is 5. The Balaban J connectivity index is 1.54. The second kappa shape index (κ2) is 7.15. The SMILES string of the molecule is Cc1nn(-c2ccc(N3CCCC3)nn2)c2c1[C@H](c1ccc(Cl)cc1)CC(=O)N2. The van der Waals surface area contributed by atoms with Crippen molar-refractivity contribution in [3.8, 4) is 5.82 Å². The second-order valence-corrected chi connectivity index (χ2v) is 8.00. The van der Waals surface area contributed by atoms with E-state index in [9.17, 15) is 4.79 Å². The normalized spacial score (nSPS) is 18.6. The number of rotatable bonds is 3. The van der Waals surface area contributed by atoms with Crippen LogP contribution < -0.4 is 10.2 Å². The minimum absolute atomic E-state index is 0.0414. The fraction of sp³-hybridized carbons (Fsp3) is 0.333. The minimum Gasteiger partial charge on any atom is -0.355 e. The molecule has 0 bridgehead atoms. The van der Waals surface area contributed by atoms with E-state index < -0.39 is 0 Å². The molecule has 1 aromatic carbocycles. The molecule has 0 aliphatic carbocycles. The Kier molecular flexibility index (Phi) is 4.47. The number of aryl methyl sites for hydroxylation is 1. The maximum absolute atomic E-state index is 12.5. The Morgan fingerprint density at radius 2 is 1.72 bits per heavy atom. The Bertz CT molecular complexity index is 1050. The minimum atomic E-state index is -0.0680. The molecule has 2 aromatic heterocycles. The van der Waals surface area contributed by atoms with Crippen molar-refractivity contribution in [2.24, 2.45) is 0 Å². The molecule has 2 aliphatic rings. The van der Waals surface area contributed by atoms with E-state index in [0.29, 0.717) is 23.1 Å². The van der Waals surface area contributed by atoms with Crippen LogP contribution in [0.25, 0.3) is 5.82 Å². The quantitative estimate of drug-likeness (QED) is 0.715. The van der Waals surface area contributed by atoms with Crippen molar-refractivity contribution in [1.82, 2.24) is 20.0 Å². The van der Waals surface area contributed by atoms with E-state index in [1.807, 2.05) is 43.3 Å². The van der Waals surface area contributed by atoms with E-state index in [1.54, 1.807) is 4.68 Å². The third-order valence-corrected chi connectivity index (χ3v) is 5.91. The number of carbonyl (C=O) groups excluding carboxylic acids is 1. The van der Waals surface area contributed by atoms with Gasteiger partial charge in [-0.2, -0.15) is 9.78 Å². The van der Waals surface area contributed by atoms with Crippen molar-refractivity contribution in [1.29, 1.82) is 0 Å². The van der Waals surface area contributed by atoms with Crippen LogP contribution in [0.2, 0.25) is 5.02 Å². The van der Waals surface area contributed by atoms with E-state index in [4.69, 9.17) is 11.6 Å². The molecular formula is C21H21ClN6O. The van der Waals surface area contributed by atoms with Crippen molar-refractivity contribution in [2.75, 3.05) is 23.3 Å². The van der Waals surface area contributed by atoms with Gasteiger partial charge in [-0.05, 0) is 49.6 Å². The standard InChI is InChI=1S/C21H21ClN6O/c1-13-20-16(14-4-6-15(22)7-5-14)12-19(29)23-21(20)28(26-13)18-9-8-17(24-25-18)27-10-2-3-11-27/h4-9,16H,2-3,10-12H2,1H3,(H,23,29)/t16-/m0/s1. The summed E-state index contributed by atoms with van der Waals surface area (Å²) in [5.74, 6) is 2.03. The number of hydrogen-bond donors (Lipinski definition) is 1. The van der Waals surface area contributed by atoms with Crippen LogP contribution in [0.4, 0.5) is 11.6 Å². The summed E-state index contributed by atoms with van der Waals surface area (Å²) in [7, 11) is 0. The highest BCUT2D eigenvalue weighted by Gasteiger charge is 2.33. The Morgan fingerprint density at radius 1 is 1.03 bits per heavy atom. The molecule has 8 heteroatoms. The molecule has 5 rings (SSSR count). The number of fused-ring (bicyclic) bond motifs is 1. The molecule has 1 N–H and O–H groups in total. The topological polar surface area (TPSA) is 75.9 Å². The molecule has 7 nitrogen and oxygen atoms in total. The molecule has 3 aromatic rings. The molecule has 0 spiro atoms. The van der Waals surface area contributed by atoms with Crippen LogP contribution in [0, 0.1) is 6.92 Å². The first-order valence-electron chi connectivity index (χ1n) is 9.84. The number of benzene rings is 1. The zero-order valence-electron chi connectivity index (χ0n) is 16.1. The molecule has 0 radical (unpaired) electrons. The molecule has 1 atom stereocenters. The zero-order valence-corrected chi connectivity index (χ0v) is 16.9. The summed E-state index contributed by atoms with van der Waals surface area (Å²) in [5.41, 5.74) is 2.92. The molecule has 2 aliphatic heterocycles. The molecule has 148 valence electrons. The Labute approximate surface area is 173 Å². The molecular weight excluding hydrogens is 388 g/mol. The van der Waals surface area contributed by atoms with Gasteiger partial charge in [0.25, 0.3) is 0 Å². The van der Waals surface area contributed by atoms with Crippen LogP contribution in [0.15, 0.2) is 36.4 Å². The predicted molar refractivity (Wildman–Crippen MR) is 112 cm³/mol. The van der Waals surface area contributed by atoms with E-state index in [1.165, 1.54) is 12.8 Å². The van der Waals surface area contributed by atoms with E-state index >= 15 is 0 Å². The van der Waals surface area contributed by atoms with Crippen LogP contribution in [0.3, 0.4) is 0 Å². The monoisotopic (exact) mass is 408 g/mol. The molecule has 0 unspecified atom stereocenters. The van der Waals surface area contributed by atoms with Crippen LogP contribution >= 0.6 is 11.6 Å². The third-order valence-electron chi connectivity index (χ3n) is 5.66. The summed E-state index contributed by atoms with van der Waals surface area (Å²) in [4.78, 5) is 14.7. The Morgan fingerprint density at radius 3 is 2.41 bits per heavy atom. The van der Waals surface area contributed by atoms with Crippen molar-refractivity contribution in [3.05, 3.63) is 58.2 Å². The van der Waals surface area contributed by atoms with Crippen molar-refractivity contribution in [2.45, 2.75) is 32.1 Å². The van der Waals surface area contributed by atoms with Gasteiger partial charge in [-0.3, -0.25) is 4.79 Å². The lowest BCUT2D eigenvalue weighted by Crippen LogP contribution is -2.25. The van der Waals surface area contributed by atoms with E-state index in [-0.39, 0.29) is 11.8 Å². The summed E-state index contributed by atoms with van der Waals surface area (Å²) < 4.78 is 1.69. The third kappa shape index (κ3) is 3.25. The van der Waals surface area contributed by atoms with Gasteiger partial charge in [0.2, 0.25) is 5.91 Å². The summed E-state index contributed by atoms with van der Waals surface area (Å²) in [6.07, 6.45) is 2.75. The largest absolute Gasteiger partial charge is 0.355 e. The first kappa shape index (κ1) is 18.1. The van der Waals surface area contributed by atoms with Crippen LogP contribution in [0.1, 0.15) is 42.0 Å². The fourth-order valence-electron chi connectivity index (χ4n) is 4.24. The van der Waals surface area contributed by atoms with Crippen LogP contribution in [0.5, 0.6) is 0 Å². The summed E-state index contributed by atoms with van der Waals surface area (Å²) in [6, 6.07) is 11.5. The van der Waals surface area contributed by atoms with Gasteiger partial charge in [0.1, 0.15) is 5.82 Å². The highest BCUT2D eigenvalue weighted by molar-refractivity contribution is 6.30. The molecule has 29 heavy (non-hydrogen) atoms. The number of carbonyl (C=O) groups is 1. The molecule has 4 heterocycles. The van der Waals surface area contributed by atoms with Crippen molar-refractivity contribution < 1.29 is 4.79 Å². The zero-order chi connectivity index (χ0) is 20.0. The first-order chi connectivity index (χ1) is 14.1. The maximum atomic E-state index is 12.5. The van der Waals surface area contributed by atoms with Gasteiger partial charge >= 0.3 is 0 Å². The van der Waals surface area contributed by atoms with Crippen molar-refractivity contribution in [3.63, 3.8) is 0 Å². The lowest BCUT2D eigenvalue weighted by molar-refractivity contribution is -0.116. The van der Waals surface area contributed by atoms with Gasteiger partial charge in [-0.1, -0.05) is 23.7 Å². The highest BCUT2D eigenvalue weighted by atomic mass is 35.5. The van der Waals surface area contributed by atoms with Gasteiger partial charge in [-0.25, -0.2) is 0 Å². The average Bonchev–Trinajstić information content (AvgIpc) is 3.37. The van der Waals surface area contributed by atoms with Gasteiger partial charge < -0.3 is 10.2 Å². The number of amides is 1. The maximum Gasteiger partial charge on any atom is 0.226 e. The first-order valence-corrected chi connectivity index (χ1v) is 10.2. The molecule has 0 saturated carbocycles. The smallest absolute Gasteiger partial charge is 0.226 e. The van der Waals surface area contributed by atoms with Gasteiger partial charge in [0.15, 0.2) is 11.6 Å². The summed E-state index contributed by atoms with van der Waals surface area (Å²) >= 11 is 6.04. The second-order valence-electron chi connectivity index (χ2n) is 7.56. The van der Waals surface area contributed by atoms with Crippen LogP contribution in [-0.4, -0.2) is 39.0 Å². The van der Waals surface area contributed by atoms with Crippen molar-refractivity contribution >= 4 is 29.1 Å². The van der Waals surface area contributed by atoms with E-state index in [0.717, 1.165) is 35.7 Å². The van der Waals surface area contributed by atoms with Gasteiger partial charge in [-0.15, -0.1) is 10.2 Å². The van der Waals surface area contributed by atoms with E-state index in [2.05, 4.69) is 25.5 Å². The number of hydrogen-bond acceptors (Lipinski definition) is 5.